The fourth-order valence-corrected chi connectivity index (χ4v) is 1.89. The van der Waals surface area contributed by atoms with Gasteiger partial charge in [0, 0.05) is 5.39 Å². The van der Waals surface area contributed by atoms with Crippen LogP contribution in [-0.2, 0) is 0 Å². The lowest BCUT2D eigenvalue weighted by Crippen LogP contribution is -2.02. The molecule has 16 heavy (non-hydrogen) atoms. The largest absolute Gasteiger partial charge is 0.366 e. The maximum Gasteiger partial charge on any atom is 0.189 e. The Morgan fingerprint density at radius 3 is 2.81 bits per heavy atom. The van der Waals surface area contributed by atoms with Crippen LogP contribution in [0.5, 0.6) is 0 Å². The number of hydrogen-bond donors (Lipinski definition) is 1. The molecule has 4 nitrogen and oxygen atoms in total. The maximum absolute atomic E-state index is 9.59. The Balaban J connectivity index is 2.52. The molecule has 0 aliphatic heterocycles. The minimum absolute atomic E-state index is 0.207. The van der Waals surface area contributed by atoms with Crippen molar-refractivity contribution in [3.8, 4) is 0 Å². The van der Waals surface area contributed by atoms with Crippen LogP contribution in [0, 0.1) is 6.23 Å². The number of fused-ring (bicyclic) bond motifs is 3. The molecule has 0 atom stereocenters. The second kappa shape index (κ2) is 3.28. The monoisotopic (exact) mass is 212 g/mol. The Morgan fingerprint density at radius 2 is 2.00 bits per heavy atom. The number of pyridine rings is 1. The van der Waals surface area contributed by atoms with Gasteiger partial charge in [-0.3, -0.25) is 9.55 Å². The lowest BCUT2D eigenvalue weighted by molar-refractivity contribution is 0.283. The van der Waals surface area contributed by atoms with E-state index in [4.69, 9.17) is 0 Å². The van der Waals surface area contributed by atoms with E-state index in [0.717, 1.165) is 21.9 Å². The smallest absolute Gasteiger partial charge is 0.189 e. The van der Waals surface area contributed by atoms with Crippen molar-refractivity contribution in [2.24, 2.45) is 0 Å². The van der Waals surface area contributed by atoms with Gasteiger partial charge in [-0.05, 0) is 13.0 Å². The molecule has 1 radical (unpaired) electrons. The average molecular weight is 212 g/mol. The van der Waals surface area contributed by atoms with Gasteiger partial charge in [0.1, 0.15) is 5.52 Å². The van der Waals surface area contributed by atoms with Crippen LogP contribution in [0.3, 0.4) is 0 Å². The molecule has 1 N–H and O–H groups in total. The summed E-state index contributed by atoms with van der Waals surface area (Å²) in [5, 5.41) is 10.6. The standard InChI is InChI=1S/C12H10N3O/c1-8(16)15-7-14-11-6-13-10-5-3-2-4-9(10)12(11)15/h2-7,16H,1H3. The molecule has 0 unspecified atom stereocenters. The molecule has 0 amide bonds. The second-order valence-corrected chi connectivity index (χ2v) is 3.67. The average Bonchev–Trinajstić information content (AvgIpc) is 2.73. The maximum atomic E-state index is 9.59. The zero-order valence-electron chi connectivity index (χ0n) is 8.75. The van der Waals surface area contributed by atoms with Gasteiger partial charge < -0.3 is 5.11 Å². The van der Waals surface area contributed by atoms with Crippen LogP contribution in [0.1, 0.15) is 6.92 Å². The van der Waals surface area contributed by atoms with Gasteiger partial charge in [0.2, 0.25) is 0 Å². The van der Waals surface area contributed by atoms with Gasteiger partial charge in [-0.1, -0.05) is 18.2 Å². The van der Waals surface area contributed by atoms with Crippen LogP contribution in [0.15, 0.2) is 36.8 Å². The van der Waals surface area contributed by atoms with E-state index in [-0.39, 0.29) is 6.23 Å². The Kier molecular flexibility index (Phi) is 1.91. The third kappa shape index (κ3) is 1.20. The Hall–Kier alpha value is -1.94. The van der Waals surface area contributed by atoms with Gasteiger partial charge in [-0.25, -0.2) is 4.98 Å². The molecular formula is C12H10N3O. The van der Waals surface area contributed by atoms with E-state index in [1.807, 2.05) is 24.3 Å². The first-order valence-corrected chi connectivity index (χ1v) is 5.01. The first kappa shape index (κ1) is 9.30. The molecule has 1 aromatic carbocycles. The highest BCUT2D eigenvalue weighted by atomic mass is 16.3. The van der Waals surface area contributed by atoms with Crippen LogP contribution in [0.25, 0.3) is 21.9 Å². The van der Waals surface area contributed by atoms with Gasteiger partial charge >= 0.3 is 0 Å². The zero-order valence-corrected chi connectivity index (χ0v) is 8.75. The molecule has 0 saturated carbocycles. The molecule has 0 saturated heterocycles. The Morgan fingerprint density at radius 1 is 1.19 bits per heavy atom. The van der Waals surface area contributed by atoms with E-state index in [1.54, 1.807) is 24.0 Å². The fourth-order valence-electron chi connectivity index (χ4n) is 1.89. The molecule has 0 fully saturated rings. The van der Waals surface area contributed by atoms with Crippen molar-refractivity contribution >= 4 is 21.9 Å². The highest BCUT2D eigenvalue weighted by molar-refractivity contribution is 6.02. The zero-order chi connectivity index (χ0) is 11.1. The summed E-state index contributed by atoms with van der Waals surface area (Å²) in [5.74, 6) is 0. The molecule has 3 aromatic rings. The van der Waals surface area contributed by atoms with Gasteiger partial charge in [0.25, 0.3) is 0 Å². The van der Waals surface area contributed by atoms with Crippen molar-refractivity contribution in [2.45, 2.75) is 6.92 Å². The fraction of sp³-hybridized carbons (Fsp3) is 0.0833. The van der Waals surface area contributed by atoms with Crippen LogP contribution >= 0.6 is 0 Å². The minimum Gasteiger partial charge on any atom is -0.366 e. The molecule has 0 aliphatic rings. The summed E-state index contributed by atoms with van der Waals surface area (Å²) in [6.07, 6.45) is 3.53. The number of hydrogen-bond acceptors (Lipinski definition) is 3. The molecule has 0 bridgehead atoms. The predicted molar refractivity (Wildman–Crippen MR) is 61.3 cm³/mol. The molecule has 3 rings (SSSR count). The van der Waals surface area contributed by atoms with Crippen LogP contribution < -0.4 is 0 Å². The van der Waals surface area contributed by atoms with Gasteiger partial charge in [-0.15, -0.1) is 0 Å². The third-order valence-electron chi connectivity index (χ3n) is 2.63. The van der Waals surface area contributed by atoms with E-state index in [2.05, 4.69) is 9.97 Å². The second-order valence-electron chi connectivity index (χ2n) is 3.67. The van der Waals surface area contributed by atoms with Gasteiger partial charge in [0.15, 0.2) is 6.23 Å². The number of nitrogens with zero attached hydrogens (tertiary/aromatic N) is 3. The summed E-state index contributed by atoms with van der Waals surface area (Å²) in [4.78, 5) is 8.52. The van der Waals surface area contributed by atoms with Crippen molar-refractivity contribution in [3.63, 3.8) is 0 Å². The predicted octanol–water partition coefficient (Wildman–Crippen LogP) is 2.31. The highest BCUT2D eigenvalue weighted by Crippen LogP contribution is 2.24. The Labute approximate surface area is 92.2 Å². The Bertz CT molecular complexity index is 657. The molecule has 2 aromatic heterocycles. The van der Waals surface area contributed by atoms with Crippen molar-refractivity contribution in [1.82, 2.24) is 14.5 Å². The van der Waals surface area contributed by atoms with Crippen molar-refractivity contribution in [1.29, 1.82) is 0 Å². The van der Waals surface area contributed by atoms with E-state index < -0.39 is 0 Å². The quantitative estimate of drug-likeness (QED) is 0.673. The summed E-state index contributed by atoms with van der Waals surface area (Å²) in [6, 6.07) is 7.81. The summed E-state index contributed by atoms with van der Waals surface area (Å²) in [6.45, 7) is 1.64. The molecule has 79 valence electrons. The molecule has 0 spiro atoms. The number of rotatable bonds is 1. The first-order chi connectivity index (χ1) is 7.77. The normalized spacial score (nSPS) is 11.7. The van der Waals surface area contributed by atoms with E-state index in [0.29, 0.717) is 0 Å². The summed E-state index contributed by atoms with van der Waals surface area (Å²) in [7, 11) is 0. The molecule has 0 aliphatic carbocycles. The van der Waals surface area contributed by atoms with E-state index in [9.17, 15) is 5.11 Å². The number of aliphatic hydroxyl groups is 1. The number of para-hydroxylation sites is 1. The SMILES string of the molecule is C[C](O)n1cnc2cnc3ccccc3c21. The van der Waals surface area contributed by atoms with Crippen LogP contribution in [-0.4, -0.2) is 19.6 Å². The van der Waals surface area contributed by atoms with Crippen LogP contribution in [0.2, 0.25) is 0 Å². The molecular weight excluding hydrogens is 202 g/mol. The molecule has 4 heteroatoms. The highest BCUT2D eigenvalue weighted by Gasteiger charge is 2.11. The van der Waals surface area contributed by atoms with Crippen molar-refractivity contribution in [2.75, 3.05) is 0 Å². The summed E-state index contributed by atoms with van der Waals surface area (Å²) < 4.78 is 1.67. The third-order valence-corrected chi connectivity index (χ3v) is 2.63. The van der Waals surface area contributed by atoms with Gasteiger partial charge in [-0.2, -0.15) is 0 Å². The number of imidazole rings is 1. The van der Waals surface area contributed by atoms with E-state index in [1.165, 1.54) is 0 Å². The number of aromatic nitrogens is 3. The van der Waals surface area contributed by atoms with Crippen molar-refractivity contribution in [3.05, 3.63) is 43.0 Å². The minimum atomic E-state index is 0.207. The number of aliphatic hydroxyl groups excluding tert-OH is 1. The topological polar surface area (TPSA) is 50.9 Å². The van der Waals surface area contributed by atoms with Crippen LogP contribution in [0.4, 0.5) is 0 Å². The molecule has 2 heterocycles. The lowest BCUT2D eigenvalue weighted by Gasteiger charge is -2.07. The van der Waals surface area contributed by atoms with Gasteiger partial charge in [0.05, 0.1) is 23.6 Å². The summed E-state index contributed by atoms with van der Waals surface area (Å²) >= 11 is 0. The summed E-state index contributed by atoms with van der Waals surface area (Å²) in [5.41, 5.74) is 2.58. The number of benzene rings is 1. The lowest BCUT2D eigenvalue weighted by atomic mass is 10.2. The first-order valence-electron chi connectivity index (χ1n) is 5.01. The van der Waals surface area contributed by atoms with Crippen molar-refractivity contribution < 1.29 is 5.11 Å². The van der Waals surface area contributed by atoms with E-state index >= 15 is 0 Å².